The van der Waals surface area contributed by atoms with Gasteiger partial charge in [0.25, 0.3) is 0 Å². The summed E-state index contributed by atoms with van der Waals surface area (Å²) in [7, 11) is 0. The Morgan fingerprint density at radius 1 is 0.452 bits per heavy atom. The van der Waals surface area contributed by atoms with Crippen LogP contribution in [0, 0.1) is 0 Å². The number of aliphatic hydroxyl groups is 1. The summed E-state index contributed by atoms with van der Waals surface area (Å²) >= 11 is 0. The van der Waals surface area contributed by atoms with E-state index in [4.69, 9.17) is 14.6 Å². The molecule has 0 aliphatic rings. The molecule has 0 bridgehead atoms. The van der Waals surface area contributed by atoms with Gasteiger partial charge < -0.3 is 14.6 Å². The zero-order valence-electron chi connectivity index (χ0n) is 28.9. The van der Waals surface area contributed by atoms with Crippen molar-refractivity contribution in [1.29, 1.82) is 0 Å². The van der Waals surface area contributed by atoms with E-state index in [1.165, 1.54) is 155 Å². The zero-order chi connectivity index (χ0) is 31.4. The quantitative estimate of drug-likeness (QED) is 0.0634. The van der Waals surface area contributed by atoms with E-state index in [9.17, 15) is 9.59 Å². The van der Waals surface area contributed by atoms with Crippen molar-refractivity contribution in [2.75, 3.05) is 13.2 Å². The van der Waals surface area contributed by atoms with Gasteiger partial charge in [-0.2, -0.15) is 0 Å². The standard InChI is InChI=1S/C19H38O3.C18H36O2/c1-3-4-5-6-7-8-9-10-11-12-13-14-15-16-17-22-19(21)18(2)20;1-3-5-7-9-10-11-12-13-14-16-18(19)20-17-15-8-6-4-2/h18,20H,3-17H2,1-2H3;3-17H2,1-2H3. The van der Waals surface area contributed by atoms with Gasteiger partial charge in [0.2, 0.25) is 0 Å². The van der Waals surface area contributed by atoms with Crippen LogP contribution in [0.2, 0.25) is 0 Å². The molecule has 1 unspecified atom stereocenters. The molecule has 5 nitrogen and oxygen atoms in total. The van der Waals surface area contributed by atoms with E-state index in [1.807, 2.05) is 0 Å². The first-order chi connectivity index (χ1) is 20.5. The summed E-state index contributed by atoms with van der Waals surface area (Å²) in [5, 5.41) is 8.96. The van der Waals surface area contributed by atoms with Crippen molar-refractivity contribution in [1.82, 2.24) is 0 Å². The highest BCUT2D eigenvalue weighted by Gasteiger charge is 2.08. The molecule has 0 saturated carbocycles. The summed E-state index contributed by atoms with van der Waals surface area (Å²) in [5.41, 5.74) is 0. The van der Waals surface area contributed by atoms with Crippen LogP contribution in [-0.2, 0) is 19.1 Å². The molecule has 0 saturated heterocycles. The predicted octanol–water partition coefficient (Wildman–Crippen LogP) is 11.4. The largest absolute Gasteiger partial charge is 0.466 e. The lowest BCUT2D eigenvalue weighted by Crippen LogP contribution is -2.19. The molecule has 5 heteroatoms. The van der Waals surface area contributed by atoms with Crippen LogP contribution in [0.1, 0.15) is 207 Å². The molecule has 1 atom stereocenters. The van der Waals surface area contributed by atoms with Gasteiger partial charge in [-0.3, -0.25) is 4.79 Å². The van der Waals surface area contributed by atoms with Crippen LogP contribution in [0.5, 0.6) is 0 Å². The summed E-state index contributed by atoms with van der Waals surface area (Å²) in [5.74, 6) is -0.501. The lowest BCUT2D eigenvalue weighted by atomic mass is 10.0. The maximum absolute atomic E-state index is 11.5. The second kappa shape index (κ2) is 37.9. The molecule has 42 heavy (non-hydrogen) atoms. The molecule has 0 rings (SSSR count). The van der Waals surface area contributed by atoms with Crippen molar-refractivity contribution in [3.05, 3.63) is 0 Å². The van der Waals surface area contributed by atoms with E-state index >= 15 is 0 Å². The number of rotatable bonds is 31. The molecule has 0 fully saturated rings. The fourth-order valence-electron chi connectivity index (χ4n) is 4.96. The number of carbonyl (C=O) groups excluding carboxylic acids is 2. The van der Waals surface area contributed by atoms with E-state index in [0.717, 1.165) is 25.7 Å². The predicted molar refractivity (Wildman–Crippen MR) is 180 cm³/mol. The minimum absolute atomic E-state index is 0.00412. The van der Waals surface area contributed by atoms with Crippen LogP contribution in [0.4, 0.5) is 0 Å². The average Bonchev–Trinajstić information content (AvgIpc) is 2.98. The third kappa shape index (κ3) is 38.9. The second-order valence-electron chi connectivity index (χ2n) is 12.3. The molecule has 0 aliphatic heterocycles. The highest BCUT2D eigenvalue weighted by Crippen LogP contribution is 2.13. The lowest BCUT2D eigenvalue weighted by molar-refractivity contribution is -0.152. The van der Waals surface area contributed by atoms with Crippen LogP contribution in [0.15, 0.2) is 0 Å². The minimum atomic E-state index is -0.994. The topological polar surface area (TPSA) is 72.8 Å². The Bertz CT molecular complexity index is 534. The summed E-state index contributed by atoms with van der Waals surface area (Å²) in [6.45, 7) is 9.21. The number of hydrogen-bond donors (Lipinski definition) is 1. The van der Waals surface area contributed by atoms with Crippen molar-refractivity contribution < 1.29 is 24.2 Å². The Morgan fingerprint density at radius 2 is 0.738 bits per heavy atom. The molecule has 0 heterocycles. The molecule has 0 aromatic carbocycles. The van der Waals surface area contributed by atoms with Gasteiger partial charge in [0.15, 0.2) is 0 Å². The Morgan fingerprint density at radius 3 is 1.10 bits per heavy atom. The van der Waals surface area contributed by atoms with Crippen molar-refractivity contribution in [2.45, 2.75) is 214 Å². The number of hydrogen-bond acceptors (Lipinski definition) is 5. The Kier molecular flexibility index (Phi) is 38.9. The smallest absolute Gasteiger partial charge is 0.334 e. The fourth-order valence-corrected chi connectivity index (χ4v) is 4.96. The molecular formula is C37H74O5. The van der Waals surface area contributed by atoms with Crippen LogP contribution in [0.25, 0.3) is 0 Å². The number of aliphatic hydroxyl groups excluding tert-OH is 1. The monoisotopic (exact) mass is 599 g/mol. The molecule has 0 radical (unpaired) electrons. The second-order valence-corrected chi connectivity index (χ2v) is 12.3. The maximum Gasteiger partial charge on any atom is 0.334 e. The highest BCUT2D eigenvalue weighted by atomic mass is 16.5. The van der Waals surface area contributed by atoms with E-state index < -0.39 is 12.1 Å². The van der Waals surface area contributed by atoms with Crippen LogP contribution < -0.4 is 0 Å². The average molecular weight is 599 g/mol. The van der Waals surface area contributed by atoms with Gasteiger partial charge in [-0.25, -0.2) is 4.79 Å². The normalized spacial score (nSPS) is 11.5. The summed E-state index contributed by atoms with van der Waals surface area (Å²) in [6, 6.07) is 0. The SMILES string of the molecule is CCCCCCCCCCCC(=O)OCCCCCC.CCCCCCCCCCCCCCCCOC(=O)C(C)O. The van der Waals surface area contributed by atoms with E-state index in [1.54, 1.807) is 0 Å². The zero-order valence-corrected chi connectivity index (χ0v) is 28.9. The van der Waals surface area contributed by atoms with Gasteiger partial charge >= 0.3 is 11.9 Å². The summed E-state index contributed by atoms with van der Waals surface area (Å²) < 4.78 is 10.1. The van der Waals surface area contributed by atoms with Gasteiger partial charge in [0.05, 0.1) is 13.2 Å². The van der Waals surface area contributed by atoms with Crippen LogP contribution >= 0.6 is 0 Å². The van der Waals surface area contributed by atoms with Gasteiger partial charge in [0, 0.05) is 6.42 Å². The van der Waals surface area contributed by atoms with Crippen molar-refractivity contribution in [3.8, 4) is 0 Å². The Labute approximate surface area is 262 Å². The van der Waals surface area contributed by atoms with Crippen LogP contribution in [-0.4, -0.2) is 36.4 Å². The van der Waals surface area contributed by atoms with E-state index in [2.05, 4.69) is 20.8 Å². The van der Waals surface area contributed by atoms with Crippen molar-refractivity contribution in [2.24, 2.45) is 0 Å². The molecule has 0 spiro atoms. The molecule has 1 N–H and O–H groups in total. The van der Waals surface area contributed by atoms with Crippen molar-refractivity contribution in [3.63, 3.8) is 0 Å². The van der Waals surface area contributed by atoms with E-state index in [-0.39, 0.29) is 5.97 Å². The molecular weight excluding hydrogens is 524 g/mol. The number of esters is 2. The number of unbranched alkanes of at least 4 members (excludes halogenated alkanes) is 24. The lowest BCUT2D eigenvalue weighted by Gasteiger charge is -2.06. The van der Waals surface area contributed by atoms with Crippen LogP contribution in [0.3, 0.4) is 0 Å². The van der Waals surface area contributed by atoms with Gasteiger partial charge in [-0.15, -0.1) is 0 Å². The number of carbonyl (C=O) groups is 2. The minimum Gasteiger partial charge on any atom is -0.466 e. The molecule has 0 aliphatic carbocycles. The number of ether oxygens (including phenoxy) is 2. The van der Waals surface area contributed by atoms with Crippen molar-refractivity contribution >= 4 is 11.9 Å². The maximum atomic E-state index is 11.5. The Balaban J connectivity index is 0. The third-order valence-corrected chi connectivity index (χ3v) is 7.83. The van der Waals surface area contributed by atoms with E-state index in [0.29, 0.717) is 19.6 Å². The molecule has 0 aromatic rings. The first kappa shape index (κ1) is 43.0. The fraction of sp³-hybridized carbons (Fsp3) is 0.946. The Hall–Kier alpha value is -1.10. The molecule has 0 amide bonds. The summed E-state index contributed by atoms with van der Waals surface area (Å²) in [4.78, 5) is 22.5. The first-order valence-electron chi connectivity index (χ1n) is 18.5. The van der Waals surface area contributed by atoms with Gasteiger partial charge in [-0.1, -0.05) is 175 Å². The highest BCUT2D eigenvalue weighted by molar-refractivity contribution is 5.73. The van der Waals surface area contributed by atoms with Gasteiger partial charge in [-0.05, 0) is 26.2 Å². The van der Waals surface area contributed by atoms with Gasteiger partial charge in [0.1, 0.15) is 6.10 Å². The third-order valence-electron chi connectivity index (χ3n) is 7.83. The summed E-state index contributed by atoms with van der Waals surface area (Å²) in [6.07, 6.45) is 34.4. The first-order valence-corrected chi connectivity index (χ1v) is 18.5. The molecule has 252 valence electrons. The molecule has 0 aromatic heterocycles.